The molecule has 2 N–H and O–H groups in total. The molecule has 2 bridgehead atoms. The molecule has 0 radical (unpaired) electrons. The van der Waals surface area contributed by atoms with Crippen molar-refractivity contribution in [3.05, 3.63) is 34.7 Å². The molecule has 1 saturated carbocycles. The van der Waals surface area contributed by atoms with Crippen molar-refractivity contribution in [3.8, 4) is 23.0 Å². The zero-order chi connectivity index (χ0) is 29.7. The molecule has 9 rings (SSSR count). The quantitative estimate of drug-likeness (QED) is 0.420. The van der Waals surface area contributed by atoms with Crippen molar-refractivity contribution in [3.63, 3.8) is 0 Å². The first kappa shape index (κ1) is 23.7. The van der Waals surface area contributed by atoms with Gasteiger partial charge in [-0.3, -0.25) is 9.88 Å². The number of phenols is 1. The second-order valence-corrected chi connectivity index (χ2v) is 12.7. The predicted octanol–water partition coefficient (Wildman–Crippen LogP) is 4.96. The highest BCUT2D eigenvalue weighted by molar-refractivity contribution is 6.32. The van der Waals surface area contributed by atoms with Crippen LogP contribution in [0.4, 0.5) is 14.6 Å². The number of fused-ring (bicyclic) bond motifs is 5. The van der Waals surface area contributed by atoms with E-state index >= 15 is 4.39 Å². The predicted molar refractivity (Wildman–Crippen MR) is 152 cm³/mol. The van der Waals surface area contributed by atoms with Crippen molar-refractivity contribution < 1.29 is 21.4 Å². The molecule has 2 aromatic heterocycles. The van der Waals surface area contributed by atoms with Crippen LogP contribution in [0.15, 0.2) is 18.3 Å². The summed E-state index contributed by atoms with van der Waals surface area (Å²) in [5.74, 6) is -0.216. The fourth-order valence-electron chi connectivity index (χ4n) is 7.43. The topological polar surface area (TPSA) is 86.6 Å². The van der Waals surface area contributed by atoms with Gasteiger partial charge in [0.05, 0.1) is 13.7 Å². The molecule has 6 aliphatic rings. The molecule has 8 nitrogen and oxygen atoms in total. The lowest BCUT2D eigenvalue weighted by molar-refractivity contribution is 0.107. The fourth-order valence-corrected chi connectivity index (χ4v) is 7.80. The highest BCUT2D eigenvalue weighted by atomic mass is 35.5. The number of benzene rings is 1. The highest BCUT2D eigenvalue weighted by Crippen LogP contribution is 2.49. The Labute approximate surface area is 244 Å². The molecule has 0 spiro atoms. The first-order valence-corrected chi connectivity index (χ1v) is 15.0. The standard InChI is InChI=1S/C30H33ClF2N6O2/c31-23-9-20(40)8-21(24(23)16-2-3-16)26-25(33)27-22(12-35-26)28(39-14-18-4-5-19(39)11-34-18)37-29(36-27)41-15-30-6-1-7-38(30)13-17(32)10-30/h8-9,12,16-19,34,40H,1-7,10-11,13-15H2/t17-,18?,19?,30+/m0/s1/i15D2. The van der Waals surface area contributed by atoms with Crippen LogP contribution in [0.1, 0.15) is 59.2 Å². The normalized spacial score (nSPS) is 30.5. The molecular weight excluding hydrogens is 550 g/mol. The molecule has 7 heterocycles. The molecule has 5 saturated heterocycles. The largest absolute Gasteiger partial charge is 0.508 e. The van der Waals surface area contributed by atoms with E-state index in [1.165, 1.54) is 12.1 Å². The first-order valence-electron chi connectivity index (χ1n) is 15.6. The summed E-state index contributed by atoms with van der Waals surface area (Å²) >= 11 is 6.53. The Morgan fingerprint density at radius 3 is 2.85 bits per heavy atom. The van der Waals surface area contributed by atoms with Crippen LogP contribution in [-0.2, 0) is 0 Å². The summed E-state index contributed by atoms with van der Waals surface area (Å²) < 4.78 is 55.3. The Kier molecular flexibility index (Phi) is 5.56. The summed E-state index contributed by atoms with van der Waals surface area (Å²) in [5, 5.41) is 14.6. The lowest BCUT2D eigenvalue weighted by Gasteiger charge is -2.46. The monoisotopic (exact) mass is 584 g/mol. The fraction of sp³-hybridized carbons (Fsp3) is 0.567. The summed E-state index contributed by atoms with van der Waals surface area (Å²) in [6.45, 7) is -0.153. The molecule has 0 amide bonds. The minimum absolute atomic E-state index is 0.00395. The van der Waals surface area contributed by atoms with Crippen LogP contribution in [0.3, 0.4) is 0 Å². The smallest absolute Gasteiger partial charge is 0.319 e. The summed E-state index contributed by atoms with van der Waals surface area (Å²) in [6, 6.07) is 3.02. The molecule has 41 heavy (non-hydrogen) atoms. The van der Waals surface area contributed by atoms with Gasteiger partial charge in [0.2, 0.25) is 0 Å². The number of hydrogen-bond acceptors (Lipinski definition) is 8. The van der Waals surface area contributed by atoms with Crippen molar-refractivity contribution in [2.75, 3.05) is 37.6 Å². The number of pyridine rings is 1. The van der Waals surface area contributed by atoms with Crippen LogP contribution in [0.5, 0.6) is 11.8 Å². The zero-order valence-corrected chi connectivity index (χ0v) is 23.3. The maximum absolute atomic E-state index is 16.7. The second-order valence-electron chi connectivity index (χ2n) is 12.3. The van der Waals surface area contributed by atoms with E-state index in [-0.39, 0.29) is 53.9 Å². The number of rotatable bonds is 6. The molecule has 1 aliphatic carbocycles. The van der Waals surface area contributed by atoms with Gasteiger partial charge in [-0.1, -0.05) is 11.6 Å². The number of phenolic OH excluding ortho intramolecular Hbond substituents is 1. The van der Waals surface area contributed by atoms with E-state index in [4.69, 9.17) is 24.1 Å². The number of aromatic nitrogens is 3. The van der Waals surface area contributed by atoms with Crippen molar-refractivity contribution in [2.45, 2.75) is 74.7 Å². The van der Waals surface area contributed by atoms with E-state index in [2.05, 4.69) is 20.2 Å². The van der Waals surface area contributed by atoms with Gasteiger partial charge in [0.1, 0.15) is 35.5 Å². The number of nitrogens with zero attached hydrogens (tertiary/aromatic N) is 5. The number of piperidine rings is 2. The molecule has 1 aromatic carbocycles. The van der Waals surface area contributed by atoms with Crippen molar-refractivity contribution in [2.24, 2.45) is 0 Å². The molecular formula is C30H33ClF2N6O2. The third kappa shape index (κ3) is 4.32. The summed E-state index contributed by atoms with van der Waals surface area (Å²) in [4.78, 5) is 17.7. The van der Waals surface area contributed by atoms with E-state index in [1.807, 2.05) is 4.90 Å². The third-order valence-corrected chi connectivity index (χ3v) is 9.87. The number of ether oxygens (including phenoxy) is 1. The van der Waals surface area contributed by atoms with Gasteiger partial charge in [0.25, 0.3) is 0 Å². The van der Waals surface area contributed by atoms with Gasteiger partial charge < -0.3 is 20.1 Å². The minimum atomic E-state index is -2.32. The van der Waals surface area contributed by atoms with Gasteiger partial charge in [-0.2, -0.15) is 9.97 Å². The van der Waals surface area contributed by atoms with Crippen LogP contribution in [0.2, 0.25) is 5.02 Å². The maximum Gasteiger partial charge on any atom is 0.319 e. The van der Waals surface area contributed by atoms with Gasteiger partial charge >= 0.3 is 6.01 Å². The van der Waals surface area contributed by atoms with Crippen LogP contribution >= 0.6 is 11.6 Å². The number of halogens is 3. The lowest BCUT2D eigenvalue weighted by atomic mass is 9.93. The molecule has 216 valence electrons. The van der Waals surface area contributed by atoms with Crippen LogP contribution in [-0.4, -0.2) is 81.5 Å². The van der Waals surface area contributed by atoms with Crippen LogP contribution in [0.25, 0.3) is 22.2 Å². The average molecular weight is 585 g/mol. The molecule has 2 unspecified atom stereocenters. The Bertz CT molecular complexity index is 1620. The second kappa shape index (κ2) is 9.61. The minimum Gasteiger partial charge on any atom is -0.508 e. The maximum atomic E-state index is 16.7. The van der Waals surface area contributed by atoms with Crippen molar-refractivity contribution in [1.82, 2.24) is 25.2 Å². The Morgan fingerprint density at radius 2 is 2.10 bits per heavy atom. The van der Waals surface area contributed by atoms with Gasteiger partial charge in [0.15, 0.2) is 5.82 Å². The van der Waals surface area contributed by atoms with Gasteiger partial charge in [0, 0.05) is 54.9 Å². The molecule has 3 aromatic rings. The summed E-state index contributed by atoms with van der Waals surface area (Å²) in [6.07, 6.45) is 5.40. The van der Waals surface area contributed by atoms with E-state index < -0.39 is 24.1 Å². The Balaban J connectivity index is 1.28. The van der Waals surface area contributed by atoms with Crippen molar-refractivity contribution in [1.29, 1.82) is 0 Å². The summed E-state index contributed by atoms with van der Waals surface area (Å²) in [7, 11) is 0. The Hall–Kier alpha value is -2.82. The lowest BCUT2D eigenvalue weighted by Crippen LogP contribution is -2.61. The number of hydrogen-bond donors (Lipinski definition) is 2. The van der Waals surface area contributed by atoms with E-state index in [1.54, 1.807) is 6.20 Å². The van der Waals surface area contributed by atoms with E-state index in [9.17, 15) is 9.50 Å². The molecule has 11 heteroatoms. The molecule has 5 aliphatic heterocycles. The van der Waals surface area contributed by atoms with E-state index in [0.29, 0.717) is 41.3 Å². The Morgan fingerprint density at radius 1 is 1.22 bits per heavy atom. The van der Waals surface area contributed by atoms with Crippen LogP contribution < -0.4 is 15.0 Å². The van der Waals surface area contributed by atoms with Crippen molar-refractivity contribution >= 4 is 28.3 Å². The number of piperazine rings is 1. The zero-order valence-electron chi connectivity index (χ0n) is 24.5. The highest BCUT2D eigenvalue weighted by Gasteiger charge is 2.49. The number of aromatic hydroxyl groups is 1. The number of nitrogens with one attached hydrogen (secondary N) is 1. The number of alkyl halides is 1. The molecule has 4 atom stereocenters. The number of anilines is 1. The van der Waals surface area contributed by atoms with Gasteiger partial charge in [-0.25, -0.2) is 8.78 Å². The van der Waals surface area contributed by atoms with Gasteiger partial charge in [-0.15, -0.1) is 0 Å². The summed E-state index contributed by atoms with van der Waals surface area (Å²) in [5.41, 5.74) is -0.0322. The third-order valence-electron chi connectivity index (χ3n) is 9.55. The van der Waals surface area contributed by atoms with E-state index in [0.717, 1.165) is 44.2 Å². The van der Waals surface area contributed by atoms with Gasteiger partial charge in [-0.05, 0) is 68.7 Å². The van der Waals surface area contributed by atoms with Crippen LogP contribution in [0, 0.1) is 5.82 Å². The first-order chi connectivity index (χ1) is 20.6. The molecule has 6 fully saturated rings. The SMILES string of the molecule is [2H]C([2H])(Oc1nc(N2CC3CCC2CN3)c2cnc(-c3cc(O)cc(Cl)c3C3CC3)c(F)c2n1)[C@]12CCCN1C[C@@H](F)C2. The average Bonchev–Trinajstić information content (AvgIpc) is 3.63.